The Kier molecular flexibility index (Phi) is 5.12. The zero-order chi connectivity index (χ0) is 12.0. The second-order valence-corrected chi connectivity index (χ2v) is 3.90. The third-order valence-electron chi connectivity index (χ3n) is 2.14. The molecule has 16 heavy (non-hydrogen) atoms. The summed E-state index contributed by atoms with van der Waals surface area (Å²) in [5.74, 6) is 0.839. The molecule has 0 spiro atoms. The molecular formula is C12H16ClNO2. The number of carbonyl (C=O) groups excluding carboxylic acids is 1. The molecule has 0 aliphatic rings. The number of carbonyl (C=O) groups is 1. The Balaban J connectivity index is 2.35. The molecule has 0 unspecified atom stereocenters. The van der Waals surface area contributed by atoms with Crippen LogP contribution in [0.4, 0.5) is 0 Å². The zero-order valence-electron chi connectivity index (χ0n) is 9.55. The SMILES string of the molecule is CCC(=O)NCCOc1ccc(Cl)cc1C. The van der Waals surface area contributed by atoms with E-state index in [4.69, 9.17) is 16.3 Å². The van der Waals surface area contributed by atoms with Gasteiger partial charge in [0.25, 0.3) is 0 Å². The first kappa shape index (κ1) is 12.8. The number of halogens is 1. The third kappa shape index (κ3) is 4.11. The van der Waals surface area contributed by atoms with Gasteiger partial charge in [-0.3, -0.25) is 4.79 Å². The van der Waals surface area contributed by atoms with Gasteiger partial charge in [0, 0.05) is 11.4 Å². The standard InChI is InChI=1S/C12H16ClNO2/c1-3-12(15)14-6-7-16-11-5-4-10(13)8-9(11)2/h4-5,8H,3,6-7H2,1-2H3,(H,14,15). The monoisotopic (exact) mass is 241 g/mol. The second kappa shape index (κ2) is 6.38. The highest BCUT2D eigenvalue weighted by atomic mass is 35.5. The highest BCUT2D eigenvalue weighted by molar-refractivity contribution is 6.30. The minimum Gasteiger partial charge on any atom is -0.491 e. The van der Waals surface area contributed by atoms with Crippen LogP contribution in [0.25, 0.3) is 0 Å². The number of hydrogen-bond donors (Lipinski definition) is 1. The molecule has 0 radical (unpaired) electrons. The smallest absolute Gasteiger partial charge is 0.219 e. The van der Waals surface area contributed by atoms with E-state index in [0.29, 0.717) is 24.6 Å². The van der Waals surface area contributed by atoms with E-state index in [1.807, 2.05) is 26.0 Å². The first-order valence-corrected chi connectivity index (χ1v) is 5.67. The molecule has 4 heteroatoms. The Morgan fingerprint density at radius 3 is 2.88 bits per heavy atom. The molecule has 0 saturated heterocycles. The first-order valence-electron chi connectivity index (χ1n) is 5.29. The minimum atomic E-state index is 0.0384. The summed E-state index contributed by atoms with van der Waals surface area (Å²) in [6.07, 6.45) is 0.500. The second-order valence-electron chi connectivity index (χ2n) is 3.46. The Bertz CT molecular complexity index is 366. The van der Waals surface area contributed by atoms with Gasteiger partial charge in [-0.2, -0.15) is 0 Å². The summed E-state index contributed by atoms with van der Waals surface area (Å²) in [6, 6.07) is 5.47. The van der Waals surface area contributed by atoms with Gasteiger partial charge in [-0.05, 0) is 30.7 Å². The van der Waals surface area contributed by atoms with Gasteiger partial charge in [0.1, 0.15) is 12.4 Å². The molecule has 0 aliphatic heterocycles. The van der Waals surface area contributed by atoms with Crippen LogP contribution in [-0.2, 0) is 4.79 Å². The molecule has 0 bridgehead atoms. The fraction of sp³-hybridized carbons (Fsp3) is 0.417. The lowest BCUT2D eigenvalue weighted by Crippen LogP contribution is -2.27. The van der Waals surface area contributed by atoms with E-state index in [2.05, 4.69) is 5.32 Å². The molecule has 1 aromatic carbocycles. The molecule has 1 rings (SSSR count). The molecule has 88 valence electrons. The van der Waals surface area contributed by atoms with E-state index < -0.39 is 0 Å². The van der Waals surface area contributed by atoms with E-state index in [1.165, 1.54) is 0 Å². The van der Waals surface area contributed by atoms with Gasteiger partial charge in [-0.25, -0.2) is 0 Å². The molecule has 3 nitrogen and oxygen atoms in total. The van der Waals surface area contributed by atoms with Crippen LogP contribution < -0.4 is 10.1 Å². The van der Waals surface area contributed by atoms with Crippen molar-refractivity contribution in [1.82, 2.24) is 5.32 Å². The molecule has 0 aromatic heterocycles. The van der Waals surface area contributed by atoms with Crippen molar-refractivity contribution < 1.29 is 9.53 Å². The van der Waals surface area contributed by atoms with Crippen LogP contribution in [0.2, 0.25) is 5.02 Å². The molecule has 0 saturated carbocycles. The van der Waals surface area contributed by atoms with Crippen LogP contribution in [0.15, 0.2) is 18.2 Å². The summed E-state index contributed by atoms with van der Waals surface area (Å²) < 4.78 is 5.51. The molecular weight excluding hydrogens is 226 g/mol. The number of ether oxygens (including phenoxy) is 1. The van der Waals surface area contributed by atoms with Crippen molar-refractivity contribution in [3.05, 3.63) is 28.8 Å². The predicted octanol–water partition coefficient (Wildman–Crippen LogP) is 2.55. The molecule has 0 fully saturated rings. The van der Waals surface area contributed by atoms with Gasteiger partial charge >= 0.3 is 0 Å². The largest absolute Gasteiger partial charge is 0.491 e. The van der Waals surface area contributed by atoms with Gasteiger partial charge in [-0.1, -0.05) is 18.5 Å². The average molecular weight is 242 g/mol. The maximum absolute atomic E-state index is 11.0. The Hall–Kier alpha value is -1.22. The number of benzene rings is 1. The molecule has 1 N–H and O–H groups in total. The van der Waals surface area contributed by atoms with Gasteiger partial charge < -0.3 is 10.1 Å². The maximum Gasteiger partial charge on any atom is 0.219 e. The summed E-state index contributed by atoms with van der Waals surface area (Å²) in [4.78, 5) is 11.0. The van der Waals surface area contributed by atoms with E-state index >= 15 is 0 Å². The fourth-order valence-electron chi connectivity index (χ4n) is 1.25. The number of hydrogen-bond acceptors (Lipinski definition) is 2. The normalized spacial score (nSPS) is 9.94. The minimum absolute atomic E-state index is 0.0384. The number of nitrogens with one attached hydrogen (secondary N) is 1. The summed E-state index contributed by atoms with van der Waals surface area (Å²) in [5.41, 5.74) is 0.995. The van der Waals surface area contributed by atoms with E-state index in [0.717, 1.165) is 11.3 Å². The van der Waals surface area contributed by atoms with Crippen LogP contribution in [0, 0.1) is 6.92 Å². The highest BCUT2D eigenvalue weighted by Crippen LogP contribution is 2.21. The zero-order valence-corrected chi connectivity index (χ0v) is 10.3. The molecule has 1 amide bonds. The summed E-state index contributed by atoms with van der Waals surface area (Å²) in [6.45, 7) is 4.74. The third-order valence-corrected chi connectivity index (χ3v) is 2.37. The van der Waals surface area contributed by atoms with Crippen molar-refractivity contribution in [3.8, 4) is 5.75 Å². The first-order chi connectivity index (χ1) is 7.63. The average Bonchev–Trinajstić information content (AvgIpc) is 2.26. The van der Waals surface area contributed by atoms with Gasteiger partial charge in [-0.15, -0.1) is 0 Å². The molecule has 0 atom stereocenters. The molecule has 0 heterocycles. The quantitative estimate of drug-likeness (QED) is 0.805. The van der Waals surface area contributed by atoms with Crippen LogP contribution in [0.1, 0.15) is 18.9 Å². The topological polar surface area (TPSA) is 38.3 Å². The summed E-state index contributed by atoms with van der Waals surface area (Å²) >= 11 is 5.83. The maximum atomic E-state index is 11.0. The summed E-state index contributed by atoms with van der Waals surface area (Å²) in [5, 5.41) is 3.44. The van der Waals surface area contributed by atoms with Crippen LogP contribution in [0.3, 0.4) is 0 Å². The van der Waals surface area contributed by atoms with Crippen molar-refractivity contribution in [2.75, 3.05) is 13.2 Å². The van der Waals surface area contributed by atoms with Crippen LogP contribution in [0.5, 0.6) is 5.75 Å². The number of rotatable bonds is 5. The van der Waals surface area contributed by atoms with E-state index in [1.54, 1.807) is 6.07 Å². The predicted molar refractivity (Wildman–Crippen MR) is 65.0 cm³/mol. The Morgan fingerprint density at radius 1 is 1.50 bits per heavy atom. The Morgan fingerprint density at radius 2 is 2.25 bits per heavy atom. The van der Waals surface area contributed by atoms with Gasteiger partial charge in [0.05, 0.1) is 6.54 Å². The lowest BCUT2D eigenvalue weighted by molar-refractivity contribution is -0.120. The van der Waals surface area contributed by atoms with Crippen molar-refractivity contribution in [1.29, 1.82) is 0 Å². The van der Waals surface area contributed by atoms with E-state index in [-0.39, 0.29) is 5.91 Å². The van der Waals surface area contributed by atoms with Gasteiger partial charge in [0.2, 0.25) is 5.91 Å². The lowest BCUT2D eigenvalue weighted by atomic mass is 10.2. The molecule has 0 aliphatic carbocycles. The van der Waals surface area contributed by atoms with E-state index in [9.17, 15) is 4.79 Å². The van der Waals surface area contributed by atoms with Crippen LogP contribution >= 0.6 is 11.6 Å². The summed E-state index contributed by atoms with van der Waals surface area (Å²) in [7, 11) is 0. The lowest BCUT2D eigenvalue weighted by Gasteiger charge is -2.09. The number of amides is 1. The van der Waals surface area contributed by atoms with Crippen LogP contribution in [-0.4, -0.2) is 19.1 Å². The fourth-order valence-corrected chi connectivity index (χ4v) is 1.48. The van der Waals surface area contributed by atoms with Gasteiger partial charge in [0.15, 0.2) is 0 Å². The van der Waals surface area contributed by atoms with Crippen molar-refractivity contribution >= 4 is 17.5 Å². The molecule has 1 aromatic rings. The van der Waals surface area contributed by atoms with Crippen molar-refractivity contribution in [2.24, 2.45) is 0 Å². The Labute approximate surface area is 101 Å². The highest BCUT2D eigenvalue weighted by Gasteiger charge is 2.00. The number of aryl methyl sites for hydroxylation is 1. The van der Waals surface area contributed by atoms with Crippen molar-refractivity contribution in [3.63, 3.8) is 0 Å². The van der Waals surface area contributed by atoms with Crippen molar-refractivity contribution in [2.45, 2.75) is 20.3 Å².